The molecule has 2 rings (SSSR count). The van der Waals surface area contributed by atoms with Crippen LogP contribution in [0, 0.1) is 0 Å². The van der Waals surface area contributed by atoms with E-state index in [1.165, 1.54) is 0 Å². The van der Waals surface area contributed by atoms with Gasteiger partial charge in [-0.2, -0.15) is 5.10 Å². The zero-order chi connectivity index (χ0) is 11.5. The van der Waals surface area contributed by atoms with Gasteiger partial charge < -0.3 is 0 Å². The number of hydrogen-bond donors (Lipinski definition) is 2. The highest BCUT2D eigenvalue weighted by atomic mass is 79.9. The Morgan fingerprint density at radius 2 is 2.25 bits per heavy atom. The van der Waals surface area contributed by atoms with Gasteiger partial charge in [0.15, 0.2) is 0 Å². The average molecular weight is 281 g/mol. The van der Waals surface area contributed by atoms with Crippen LogP contribution in [-0.4, -0.2) is 9.78 Å². The van der Waals surface area contributed by atoms with Gasteiger partial charge in [-0.1, -0.05) is 28.1 Å². The lowest BCUT2D eigenvalue weighted by Gasteiger charge is -2.14. The first kappa shape index (κ1) is 11.3. The summed E-state index contributed by atoms with van der Waals surface area (Å²) in [5.41, 5.74) is 4.95. The van der Waals surface area contributed by atoms with Crippen LogP contribution in [0.25, 0.3) is 0 Å². The SMILES string of the molecule is Cn1cc(C(NN)c2cccc(Br)c2)cn1. The normalized spacial score (nSPS) is 12.7. The predicted molar refractivity (Wildman–Crippen MR) is 66.5 cm³/mol. The molecule has 0 bridgehead atoms. The molecule has 2 aromatic rings. The third kappa shape index (κ3) is 2.32. The van der Waals surface area contributed by atoms with E-state index in [1.54, 1.807) is 4.68 Å². The third-order valence-corrected chi connectivity index (χ3v) is 2.90. The second kappa shape index (κ2) is 4.78. The number of aryl methyl sites for hydroxylation is 1. The average Bonchev–Trinajstić information content (AvgIpc) is 2.66. The van der Waals surface area contributed by atoms with E-state index in [1.807, 2.05) is 43.7 Å². The minimum Gasteiger partial charge on any atom is -0.275 e. The largest absolute Gasteiger partial charge is 0.275 e. The van der Waals surface area contributed by atoms with Crippen LogP contribution >= 0.6 is 15.9 Å². The van der Waals surface area contributed by atoms with E-state index in [-0.39, 0.29) is 6.04 Å². The van der Waals surface area contributed by atoms with E-state index in [2.05, 4.69) is 26.5 Å². The van der Waals surface area contributed by atoms with Gasteiger partial charge in [0, 0.05) is 23.3 Å². The quantitative estimate of drug-likeness (QED) is 0.665. The van der Waals surface area contributed by atoms with E-state index < -0.39 is 0 Å². The van der Waals surface area contributed by atoms with Gasteiger partial charge in [-0.15, -0.1) is 0 Å². The van der Waals surface area contributed by atoms with Crippen molar-refractivity contribution in [1.82, 2.24) is 15.2 Å². The van der Waals surface area contributed by atoms with Gasteiger partial charge in [0.2, 0.25) is 0 Å². The van der Waals surface area contributed by atoms with Gasteiger partial charge in [0.25, 0.3) is 0 Å². The molecule has 0 saturated carbocycles. The van der Waals surface area contributed by atoms with Crippen LogP contribution in [0.3, 0.4) is 0 Å². The maximum Gasteiger partial charge on any atom is 0.0741 e. The highest BCUT2D eigenvalue weighted by Gasteiger charge is 2.13. The molecule has 16 heavy (non-hydrogen) atoms. The van der Waals surface area contributed by atoms with Gasteiger partial charge in [-0.05, 0) is 17.7 Å². The molecule has 0 radical (unpaired) electrons. The number of hydrogen-bond acceptors (Lipinski definition) is 3. The smallest absolute Gasteiger partial charge is 0.0741 e. The summed E-state index contributed by atoms with van der Waals surface area (Å²) in [6.07, 6.45) is 3.76. The monoisotopic (exact) mass is 280 g/mol. The van der Waals surface area contributed by atoms with Crippen LogP contribution in [-0.2, 0) is 7.05 Å². The molecule has 4 nitrogen and oxygen atoms in total. The van der Waals surface area contributed by atoms with Crippen molar-refractivity contribution in [3.63, 3.8) is 0 Å². The van der Waals surface area contributed by atoms with Gasteiger partial charge in [-0.25, -0.2) is 5.43 Å². The molecule has 5 heteroatoms. The first-order chi connectivity index (χ1) is 7.70. The molecule has 0 aliphatic rings. The topological polar surface area (TPSA) is 55.9 Å². The molecule has 0 spiro atoms. The van der Waals surface area contributed by atoms with Crippen LogP contribution in [0.4, 0.5) is 0 Å². The number of nitrogens with one attached hydrogen (secondary N) is 1. The highest BCUT2D eigenvalue weighted by Crippen LogP contribution is 2.23. The van der Waals surface area contributed by atoms with Crippen molar-refractivity contribution in [2.75, 3.05) is 0 Å². The van der Waals surface area contributed by atoms with Crippen LogP contribution in [0.2, 0.25) is 0 Å². The summed E-state index contributed by atoms with van der Waals surface area (Å²) in [7, 11) is 1.89. The first-order valence-corrected chi connectivity index (χ1v) is 5.70. The van der Waals surface area contributed by atoms with Crippen molar-refractivity contribution in [2.45, 2.75) is 6.04 Å². The van der Waals surface area contributed by atoms with E-state index >= 15 is 0 Å². The number of nitrogens with two attached hydrogens (primary N) is 1. The zero-order valence-corrected chi connectivity index (χ0v) is 10.5. The maximum absolute atomic E-state index is 5.59. The summed E-state index contributed by atoms with van der Waals surface area (Å²) < 4.78 is 2.80. The Balaban J connectivity index is 2.36. The van der Waals surface area contributed by atoms with Crippen molar-refractivity contribution >= 4 is 15.9 Å². The number of hydrazine groups is 1. The van der Waals surface area contributed by atoms with Gasteiger partial charge in [0.1, 0.15) is 0 Å². The van der Waals surface area contributed by atoms with Crippen LogP contribution in [0.15, 0.2) is 41.1 Å². The summed E-state index contributed by atoms with van der Waals surface area (Å²) in [4.78, 5) is 0. The molecule has 1 aromatic heterocycles. The molecule has 0 amide bonds. The van der Waals surface area contributed by atoms with Crippen LogP contribution < -0.4 is 11.3 Å². The summed E-state index contributed by atoms with van der Waals surface area (Å²) in [5, 5.41) is 4.14. The van der Waals surface area contributed by atoms with Crippen molar-refractivity contribution in [3.05, 3.63) is 52.3 Å². The minimum absolute atomic E-state index is 0.0359. The Hall–Kier alpha value is -1.17. The molecular weight excluding hydrogens is 268 g/mol. The van der Waals surface area contributed by atoms with Crippen molar-refractivity contribution in [2.24, 2.45) is 12.9 Å². The van der Waals surface area contributed by atoms with Crippen molar-refractivity contribution < 1.29 is 0 Å². The molecule has 0 saturated heterocycles. The fourth-order valence-electron chi connectivity index (χ4n) is 1.66. The predicted octanol–water partition coefficient (Wildman–Crippen LogP) is 1.74. The molecular formula is C11H13BrN4. The Labute approximate surface area is 103 Å². The lowest BCUT2D eigenvalue weighted by molar-refractivity contribution is 0.635. The molecule has 1 unspecified atom stereocenters. The Morgan fingerprint density at radius 1 is 1.44 bits per heavy atom. The first-order valence-electron chi connectivity index (χ1n) is 4.91. The van der Waals surface area contributed by atoms with Crippen molar-refractivity contribution in [1.29, 1.82) is 0 Å². The minimum atomic E-state index is -0.0359. The third-order valence-electron chi connectivity index (χ3n) is 2.41. The van der Waals surface area contributed by atoms with Crippen molar-refractivity contribution in [3.8, 4) is 0 Å². The fourth-order valence-corrected chi connectivity index (χ4v) is 2.08. The lowest BCUT2D eigenvalue weighted by atomic mass is 10.0. The summed E-state index contributed by atoms with van der Waals surface area (Å²) in [5.74, 6) is 5.59. The second-order valence-electron chi connectivity index (χ2n) is 3.60. The number of nitrogens with zero attached hydrogens (tertiary/aromatic N) is 2. The lowest BCUT2D eigenvalue weighted by Crippen LogP contribution is -2.28. The molecule has 84 valence electrons. The number of halogens is 1. The molecule has 0 fully saturated rings. The Kier molecular flexibility index (Phi) is 3.38. The molecule has 0 aliphatic heterocycles. The van der Waals surface area contributed by atoms with E-state index in [9.17, 15) is 0 Å². The van der Waals surface area contributed by atoms with E-state index in [0.29, 0.717) is 0 Å². The van der Waals surface area contributed by atoms with Crippen LogP contribution in [0.5, 0.6) is 0 Å². The standard InChI is InChI=1S/C11H13BrN4/c1-16-7-9(6-14-16)11(15-13)8-3-2-4-10(12)5-8/h2-7,11,15H,13H2,1H3. The van der Waals surface area contributed by atoms with Crippen LogP contribution in [0.1, 0.15) is 17.2 Å². The molecule has 1 atom stereocenters. The maximum atomic E-state index is 5.59. The van der Waals surface area contributed by atoms with Gasteiger partial charge in [-0.3, -0.25) is 10.5 Å². The molecule has 3 N–H and O–H groups in total. The number of benzene rings is 1. The summed E-state index contributed by atoms with van der Waals surface area (Å²) >= 11 is 3.45. The fraction of sp³-hybridized carbons (Fsp3) is 0.182. The van der Waals surface area contributed by atoms with Gasteiger partial charge in [0.05, 0.1) is 12.2 Å². The molecule has 1 aromatic carbocycles. The van der Waals surface area contributed by atoms with E-state index in [4.69, 9.17) is 5.84 Å². The highest BCUT2D eigenvalue weighted by molar-refractivity contribution is 9.10. The molecule has 0 aliphatic carbocycles. The summed E-state index contributed by atoms with van der Waals surface area (Å²) in [6.45, 7) is 0. The molecule has 1 heterocycles. The summed E-state index contributed by atoms with van der Waals surface area (Å²) in [6, 6.07) is 8.01. The Morgan fingerprint density at radius 3 is 2.81 bits per heavy atom. The van der Waals surface area contributed by atoms with E-state index in [0.717, 1.165) is 15.6 Å². The Bertz CT molecular complexity index is 480. The van der Waals surface area contributed by atoms with Gasteiger partial charge >= 0.3 is 0 Å². The number of aromatic nitrogens is 2. The number of rotatable bonds is 3. The second-order valence-corrected chi connectivity index (χ2v) is 4.52. The zero-order valence-electron chi connectivity index (χ0n) is 8.89.